The van der Waals surface area contributed by atoms with E-state index in [0.29, 0.717) is 125 Å². The summed E-state index contributed by atoms with van der Waals surface area (Å²) in [5.41, 5.74) is -0.987. The van der Waals surface area contributed by atoms with Crippen LogP contribution < -0.4 is 31.9 Å². The number of nitrogens with one attached hydrogen (secondary N) is 6. The lowest BCUT2D eigenvalue weighted by Gasteiger charge is -2.31. The monoisotopic (exact) mass is 1220 g/mol. The number of amides is 8. The summed E-state index contributed by atoms with van der Waals surface area (Å²) in [7, 11) is 0. The largest absolute Gasteiger partial charge is 0.377 e. The second kappa shape index (κ2) is 40.1. The van der Waals surface area contributed by atoms with Crippen molar-refractivity contribution in [2.75, 3.05) is 158 Å². The lowest BCUT2D eigenvalue weighted by molar-refractivity contribution is -0.143. The molecule has 2 aliphatic carbocycles. The number of nitrogens with zero attached hydrogens (tertiary/aromatic N) is 1. The molecule has 1 aromatic carbocycles. The third-order valence-corrected chi connectivity index (χ3v) is 14.4. The molecule has 486 valence electrons. The summed E-state index contributed by atoms with van der Waals surface area (Å²) in [6, 6.07) is 7.83. The Hall–Kier alpha value is -5.55. The second-order valence-electron chi connectivity index (χ2n) is 23.5. The van der Waals surface area contributed by atoms with E-state index in [9.17, 15) is 43.2 Å². The molecule has 26 nitrogen and oxygen atoms in total. The zero-order valence-corrected chi connectivity index (χ0v) is 51.5. The fraction of sp³-hybridized carbons (Fsp3) is 0.750. The molecular formula is C60H97N7O19. The fourth-order valence-electron chi connectivity index (χ4n) is 9.35. The fourth-order valence-corrected chi connectivity index (χ4v) is 9.35. The number of ketones is 1. The highest BCUT2D eigenvalue weighted by Crippen LogP contribution is 2.45. The zero-order chi connectivity index (χ0) is 62.6. The van der Waals surface area contributed by atoms with Crippen molar-refractivity contribution in [3.05, 3.63) is 35.9 Å². The first-order chi connectivity index (χ1) is 41.2. The van der Waals surface area contributed by atoms with E-state index in [2.05, 4.69) is 31.9 Å². The van der Waals surface area contributed by atoms with E-state index < -0.39 is 66.2 Å². The van der Waals surface area contributed by atoms with Crippen molar-refractivity contribution in [2.24, 2.45) is 28.6 Å². The maximum atomic E-state index is 13.1. The molecule has 86 heavy (non-hydrogen) atoms. The van der Waals surface area contributed by atoms with Crippen LogP contribution >= 0.6 is 0 Å². The lowest BCUT2D eigenvalue weighted by Crippen LogP contribution is -2.52. The first-order valence-electron chi connectivity index (χ1n) is 30.1. The van der Waals surface area contributed by atoms with E-state index >= 15 is 0 Å². The summed E-state index contributed by atoms with van der Waals surface area (Å²) < 4.78 is 55.1. The van der Waals surface area contributed by atoms with Gasteiger partial charge in [-0.2, -0.15) is 0 Å². The van der Waals surface area contributed by atoms with Gasteiger partial charge in [0.25, 0.3) is 0 Å². The van der Waals surface area contributed by atoms with Crippen molar-refractivity contribution in [2.45, 2.75) is 105 Å². The van der Waals surface area contributed by atoms with Crippen LogP contribution in [0.25, 0.3) is 0 Å². The van der Waals surface area contributed by atoms with Crippen LogP contribution in [-0.2, 0) is 96.9 Å². The van der Waals surface area contributed by atoms with E-state index in [0.717, 1.165) is 31.2 Å². The van der Waals surface area contributed by atoms with Crippen LogP contribution in [0.1, 0.15) is 92.1 Å². The Labute approximate surface area is 506 Å². The van der Waals surface area contributed by atoms with Crippen molar-refractivity contribution in [1.82, 2.24) is 36.8 Å². The maximum Gasteiger partial charge on any atom is 0.246 e. The average molecular weight is 1220 g/mol. The standard InChI is InChI=1S/C60H97N7O19/c1-58(2,3)47-37-53(72)67(56(47)75)41-45-12-14-46(15-13-45)54(73)61-18-19-77-20-21-78-22-23-79-24-25-80-26-27-81-28-29-82-30-31-83-32-33-84-34-35-85-42-52(71)63-38-49(68)62-40-51(70)66-48(36-44-10-8-7-9-11-44)55(74)64-39-50(69)65-43-86-60(16-17-60)57(76)59(4,5)6/h7-11,45-48H,12-43H2,1-6H3,(H,61,73)(H,62,68)(H,63,71)(H,64,74)(H,65,69)(H,66,70)/t45-,46-,47?,48-/m0/s1. The molecule has 1 unspecified atom stereocenters. The summed E-state index contributed by atoms with van der Waals surface area (Å²) in [6.45, 7) is 16.8. The number of hydrogen-bond donors (Lipinski definition) is 6. The first kappa shape index (κ1) is 72.9. The van der Waals surface area contributed by atoms with E-state index in [1.165, 1.54) is 4.90 Å². The van der Waals surface area contributed by atoms with Gasteiger partial charge in [0, 0.05) is 37.3 Å². The zero-order valence-electron chi connectivity index (χ0n) is 51.5. The molecule has 1 aliphatic heterocycles. The first-order valence-corrected chi connectivity index (χ1v) is 30.1. The van der Waals surface area contributed by atoms with E-state index in [1.54, 1.807) is 30.3 Å². The molecule has 6 N–H and O–H groups in total. The van der Waals surface area contributed by atoms with Gasteiger partial charge >= 0.3 is 0 Å². The number of carbonyl (C=O) groups is 9. The average Bonchev–Trinajstić information content (AvgIpc) is 2.08. The van der Waals surface area contributed by atoms with Gasteiger partial charge in [-0.05, 0) is 55.4 Å². The molecule has 8 amide bonds. The van der Waals surface area contributed by atoms with Crippen molar-refractivity contribution in [1.29, 1.82) is 0 Å². The molecule has 2 saturated carbocycles. The summed E-state index contributed by atoms with van der Waals surface area (Å²) in [5.74, 6) is -3.28. The van der Waals surface area contributed by atoms with E-state index in [-0.39, 0.29) is 86.1 Å². The number of rotatable bonds is 46. The molecule has 3 fully saturated rings. The molecule has 0 radical (unpaired) electrons. The molecule has 1 aromatic rings. The number of benzene rings is 1. The third kappa shape index (κ3) is 29.9. The Bertz CT molecular complexity index is 2230. The van der Waals surface area contributed by atoms with Gasteiger partial charge in [-0.1, -0.05) is 71.9 Å². The van der Waals surface area contributed by atoms with Crippen molar-refractivity contribution < 1.29 is 90.5 Å². The number of hydrogen-bond acceptors (Lipinski definition) is 19. The van der Waals surface area contributed by atoms with Crippen LogP contribution in [0.3, 0.4) is 0 Å². The van der Waals surface area contributed by atoms with Crippen LogP contribution in [0.5, 0.6) is 0 Å². The molecule has 26 heteroatoms. The molecule has 1 heterocycles. The number of imide groups is 1. The number of Topliss-reactive ketones (excluding diaryl/α,β-unsaturated/α-hetero) is 1. The quantitative estimate of drug-likeness (QED) is 0.0299. The van der Waals surface area contributed by atoms with Crippen molar-refractivity contribution in [3.8, 4) is 0 Å². The highest BCUT2D eigenvalue weighted by molar-refractivity contribution is 6.04. The highest BCUT2D eigenvalue weighted by atomic mass is 16.6. The smallest absolute Gasteiger partial charge is 0.246 e. The van der Waals surface area contributed by atoms with Gasteiger partial charge in [-0.25, -0.2) is 0 Å². The summed E-state index contributed by atoms with van der Waals surface area (Å²) in [6.07, 6.45) is 4.67. The van der Waals surface area contributed by atoms with Crippen LogP contribution in [0.15, 0.2) is 30.3 Å². The molecule has 0 aromatic heterocycles. The van der Waals surface area contributed by atoms with Crippen molar-refractivity contribution in [3.63, 3.8) is 0 Å². The highest BCUT2D eigenvalue weighted by Gasteiger charge is 2.54. The molecule has 1 saturated heterocycles. The minimum atomic E-state index is -1.08. The lowest BCUT2D eigenvalue weighted by atomic mass is 9.79. The molecule has 3 aliphatic rings. The number of ether oxygens (including phenoxy) is 10. The van der Waals surface area contributed by atoms with Crippen LogP contribution in [0.4, 0.5) is 0 Å². The SMILES string of the molecule is CC(C)(C)C(=O)C1(OCNC(=O)CNC(=O)[C@H](Cc2ccccc2)NC(=O)CNC(=O)CNC(=O)COCCOCCOCCOCCOCCOCCOCCOCCOCCNC(=O)[C@H]2CC[C@H](CN3C(=O)CC(C(C)(C)C)C3=O)CC2)CC1. The summed E-state index contributed by atoms with van der Waals surface area (Å²) in [5, 5.41) is 15.4. The number of likely N-dealkylation sites (tertiary alicyclic amines) is 1. The van der Waals surface area contributed by atoms with Gasteiger partial charge in [-0.3, -0.25) is 48.1 Å². The van der Waals surface area contributed by atoms with Gasteiger partial charge in [-0.15, -0.1) is 0 Å². The van der Waals surface area contributed by atoms with Gasteiger partial charge in [0.05, 0.1) is 138 Å². The third-order valence-electron chi connectivity index (χ3n) is 14.4. The van der Waals surface area contributed by atoms with Crippen LogP contribution in [0, 0.1) is 28.6 Å². The Morgan fingerprint density at radius 2 is 1.02 bits per heavy atom. The Morgan fingerprint density at radius 1 is 0.558 bits per heavy atom. The predicted molar refractivity (Wildman–Crippen MR) is 312 cm³/mol. The van der Waals surface area contributed by atoms with Crippen LogP contribution in [0.2, 0.25) is 0 Å². The second-order valence-corrected chi connectivity index (χ2v) is 23.5. The van der Waals surface area contributed by atoms with E-state index in [1.807, 2.05) is 41.5 Å². The molecule has 0 spiro atoms. The molecular weight excluding hydrogens is 1120 g/mol. The normalized spacial score (nSPS) is 17.8. The van der Waals surface area contributed by atoms with Gasteiger partial charge < -0.3 is 79.3 Å². The molecule has 0 bridgehead atoms. The maximum absolute atomic E-state index is 13.1. The minimum Gasteiger partial charge on any atom is -0.377 e. The summed E-state index contributed by atoms with van der Waals surface area (Å²) in [4.78, 5) is 115. The Kier molecular flexibility index (Phi) is 34.0. The number of carbonyl (C=O) groups excluding carboxylic acids is 9. The topological polar surface area (TPSA) is 321 Å². The Morgan fingerprint density at radius 3 is 1.51 bits per heavy atom. The van der Waals surface area contributed by atoms with Crippen LogP contribution in [-0.4, -0.2) is 228 Å². The summed E-state index contributed by atoms with van der Waals surface area (Å²) >= 11 is 0. The van der Waals surface area contributed by atoms with Gasteiger partial charge in [0.15, 0.2) is 5.78 Å². The van der Waals surface area contributed by atoms with Crippen molar-refractivity contribution >= 4 is 53.0 Å². The van der Waals surface area contributed by atoms with Gasteiger partial charge in [0.1, 0.15) is 25.0 Å². The van der Waals surface area contributed by atoms with Gasteiger partial charge in [0.2, 0.25) is 47.3 Å². The minimum absolute atomic E-state index is 0.0238. The molecule has 4 rings (SSSR count). The molecule has 2 atom stereocenters. The predicted octanol–water partition coefficient (Wildman–Crippen LogP) is 0.794. The van der Waals surface area contributed by atoms with E-state index in [4.69, 9.17) is 47.4 Å². The Balaban J connectivity index is 0.845.